The molecule has 6 nitrogen and oxygen atoms in total. The Bertz CT molecular complexity index is 766. The summed E-state index contributed by atoms with van der Waals surface area (Å²) in [6.45, 7) is 2.48. The zero-order valence-corrected chi connectivity index (χ0v) is 13.0. The number of rotatable bonds is 6. The summed E-state index contributed by atoms with van der Waals surface area (Å²) in [5.41, 5.74) is 1.83. The molecule has 1 amide bonds. The summed E-state index contributed by atoms with van der Waals surface area (Å²) < 4.78 is 5.37. The van der Waals surface area contributed by atoms with E-state index in [9.17, 15) is 9.59 Å². The van der Waals surface area contributed by atoms with Crippen LogP contribution >= 0.6 is 0 Å². The highest BCUT2D eigenvalue weighted by atomic mass is 16.5. The Balaban J connectivity index is 1.66. The molecule has 0 saturated heterocycles. The van der Waals surface area contributed by atoms with Crippen molar-refractivity contribution in [2.75, 3.05) is 18.5 Å². The van der Waals surface area contributed by atoms with E-state index in [2.05, 4.69) is 15.3 Å². The normalized spacial score (nSPS) is 13.8. The van der Waals surface area contributed by atoms with Crippen molar-refractivity contribution >= 4 is 11.6 Å². The van der Waals surface area contributed by atoms with Gasteiger partial charge in [0.1, 0.15) is 12.4 Å². The third-order valence-corrected chi connectivity index (χ3v) is 3.57. The molecular formula is C17H19N3O3. The maximum atomic E-state index is 11.9. The van der Waals surface area contributed by atoms with Crippen LogP contribution in [0.1, 0.15) is 18.5 Å². The quantitative estimate of drug-likeness (QED) is 0.855. The Morgan fingerprint density at radius 3 is 2.96 bits per heavy atom. The Morgan fingerprint density at radius 2 is 2.22 bits per heavy atom. The number of H-pyrrole nitrogens is 1. The Hall–Kier alpha value is -2.47. The summed E-state index contributed by atoms with van der Waals surface area (Å²) in [5.74, 6) is 0.930. The number of aromatic amines is 1. The highest BCUT2D eigenvalue weighted by Gasteiger charge is 2.21. The molecule has 0 aliphatic heterocycles. The largest absolute Gasteiger partial charge is 0.371 e. The lowest BCUT2D eigenvalue weighted by Crippen LogP contribution is -2.19. The van der Waals surface area contributed by atoms with E-state index in [1.54, 1.807) is 25.1 Å². The Kier molecular flexibility index (Phi) is 4.52. The van der Waals surface area contributed by atoms with Crippen molar-refractivity contribution in [3.05, 3.63) is 46.4 Å². The second-order valence-electron chi connectivity index (χ2n) is 5.82. The molecule has 1 aromatic carbocycles. The van der Waals surface area contributed by atoms with Crippen LogP contribution in [0.25, 0.3) is 11.4 Å². The van der Waals surface area contributed by atoms with Gasteiger partial charge in [-0.25, -0.2) is 4.98 Å². The zero-order chi connectivity index (χ0) is 16.2. The number of carbonyl (C=O) groups excluding carboxylic acids is 1. The molecule has 0 spiro atoms. The van der Waals surface area contributed by atoms with E-state index in [4.69, 9.17) is 4.74 Å². The van der Waals surface area contributed by atoms with Crippen LogP contribution in [0.4, 0.5) is 5.69 Å². The first-order valence-electron chi connectivity index (χ1n) is 7.66. The van der Waals surface area contributed by atoms with E-state index in [1.165, 1.54) is 18.9 Å². The minimum atomic E-state index is -0.199. The smallest absolute Gasteiger partial charge is 0.251 e. The molecule has 1 aliphatic carbocycles. The van der Waals surface area contributed by atoms with E-state index < -0.39 is 0 Å². The monoisotopic (exact) mass is 313 g/mol. The standard InChI is InChI=1S/C17H19N3O3/c1-11-7-15(21)20-17(18-11)13-3-2-4-14(8-13)19-16(22)10-23-9-12-5-6-12/h2-4,7-8,12H,5-6,9-10H2,1H3,(H,19,22)(H,18,20,21). The van der Waals surface area contributed by atoms with Gasteiger partial charge < -0.3 is 15.0 Å². The number of hydrogen-bond donors (Lipinski definition) is 2. The molecule has 3 rings (SSSR count). The van der Waals surface area contributed by atoms with Gasteiger partial charge in [-0.2, -0.15) is 0 Å². The van der Waals surface area contributed by atoms with Crippen LogP contribution in [-0.4, -0.2) is 29.1 Å². The minimum absolute atomic E-state index is 0.0558. The summed E-state index contributed by atoms with van der Waals surface area (Å²) >= 11 is 0. The molecule has 0 atom stereocenters. The number of nitrogens with one attached hydrogen (secondary N) is 2. The van der Waals surface area contributed by atoms with Gasteiger partial charge in [-0.3, -0.25) is 9.59 Å². The second kappa shape index (κ2) is 6.75. The molecule has 2 aromatic rings. The fourth-order valence-electron chi connectivity index (χ4n) is 2.26. The van der Waals surface area contributed by atoms with E-state index in [1.807, 2.05) is 6.07 Å². The third-order valence-electron chi connectivity index (χ3n) is 3.57. The maximum Gasteiger partial charge on any atom is 0.251 e. The van der Waals surface area contributed by atoms with Gasteiger partial charge in [-0.15, -0.1) is 0 Å². The molecule has 2 N–H and O–H groups in total. The molecule has 1 saturated carbocycles. The van der Waals surface area contributed by atoms with Gasteiger partial charge in [0.25, 0.3) is 5.56 Å². The van der Waals surface area contributed by atoms with E-state index in [0.29, 0.717) is 29.7 Å². The van der Waals surface area contributed by atoms with Gasteiger partial charge >= 0.3 is 0 Å². The summed E-state index contributed by atoms with van der Waals surface area (Å²) in [7, 11) is 0. The number of ether oxygens (including phenoxy) is 1. The fourth-order valence-corrected chi connectivity index (χ4v) is 2.26. The average Bonchev–Trinajstić information content (AvgIpc) is 3.31. The summed E-state index contributed by atoms with van der Waals surface area (Å²) in [6.07, 6.45) is 2.40. The van der Waals surface area contributed by atoms with E-state index in [-0.39, 0.29) is 18.1 Å². The molecule has 0 bridgehead atoms. The van der Waals surface area contributed by atoms with Crippen LogP contribution in [0.5, 0.6) is 0 Å². The molecular weight excluding hydrogens is 294 g/mol. The van der Waals surface area contributed by atoms with Gasteiger partial charge in [0.15, 0.2) is 0 Å². The summed E-state index contributed by atoms with van der Waals surface area (Å²) in [6, 6.07) is 8.63. The van der Waals surface area contributed by atoms with Crippen molar-refractivity contribution in [1.29, 1.82) is 0 Å². The zero-order valence-electron chi connectivity index (χ0n) is 13.0. The lowest BCUT2D eigenvalue weighted by Gasteiger charge is -2.08. The lowest BCUT2D eigenvalue weighted by molar-refractivity contribution is -0.120. The first-order valence-corrected chi connectivity index (χ1v) is 7.66. The molecule has 1 heterocycles. The molecule has 1 fully saturated rings. The topological polar surface area (TPSA) is 84.1 Å². The van der Waals surface area contributed by atoms with Crippen molar-refractivity contribution in [3.63, 3.8) is 0 Å². The highest BCUT2D eigenvalue weighted by Crippen LogP contribution is 2.28. The van der Waals surface area contributed by atoms with Crippen molar-refractivity contribution in [3.8, 4) is 11.4 Å². The minimum Gasteiger partial charge on any atom is -0.371 e. The summed E-state index contributed by atoms with van der Waals surface area (Å²) in [5, 5.41) is 2.79. The highest BCUT2D eigenvalue weighted by molar-refractivity contribution is 5.92. The molecule has 23 heavy (non-hydrogen) atoms. The van der Waals surface area contributed by atoms with Crippen molar-refractivity contribution in [1.82, 2.24) is 9.97 Å². The predicted octanol–water partition coefficient (Wildman–Crippen LogP) is 2.11. The molecule has 1 aliphatic rings. The number of aryl methyl sites for hydroxylation is 1. The van der Waals surface area contributed by atoms with Crippen LogP contribution in [0.3, 0.4) is 0 Å². The second-order valence-corrected chi connectivity index (χ2v) is 5.82. The van der Waals surface area contributed by atoms with Crippen molar-refractivity contribution < 1.29 is 9.53 Å². The van der Waals surface area contributed by atoms with Gasteiger partial charge in [-0.05, 0) is 37.8 Å². The number of nitrogens with zero attached hydrogens (tertiary/aromatic N) is 1. The number of carbonyl (C=O) groups is 1. The van der Waals surface area contributed by atoms with E-state index >= 15 is 0 Å². The third kappa shape index (κ3) is 4.50. The SMILES string of the molecule is Cc1cc(=O)[nH]c(-c2cccc(NC(=O)COCC3CC3)c2)n1. The average molecular weight is 313 g/mol. The van der Waals surface area contributed by atoms with Gasteiger partial charge in [-0.1, -0.05) is 12.1 Å². The molecule has 0 radical (unpaired) electrons. The van der Waals surface area contributed by atoms with E-state index in [0.717, 1.165) is 5.56 Å². The van der Waals surface area contributed by atoms with Gasteiger partial charge in [0.2, 0.25) is 5.91 Å². The van der Waals surface area contributed by atoms with Crippen molar-refractivity contribution in [2.45, 2.75) is 19.8 Å². The number of anilines is 1. The molecule has 6 heteroatoms. The number of amides is 1. The van der Waals surface area contributed by atoms with Gasteiger partial charge in [0, 0.05) is 23.0 Å². The first kappa shape index (κ1) is 15.4. The first-order chi connectivity index (χ1) is 11.1. The number of aromatic nitrogens is 2. The van der Waals surface area contributed by atoms with Crippen LogP contribution in [-0.2, 0) is 9.53 Å². The lowest BCUT2D eigenvalue weighted by atomic mass is 10.2. The molecule has 1 aromatic heterocycles. The number of hydrogen-bond acceptors (Lipinski definition) is 4. The fraction of sp³-hybridized carbons (Fsp3) is 0.353. The van der Waals surface area contributed by atoms with Crippen LogP contribution in [0.2, 0.25) is 0 Å². The van der Waals surface area contributed by atoms with Crippen LogP contribution in [0.15, 0.2) is 35.1 Å². The molecule has 120 valence electrons. The van der Waals surface area contributed by atoms with Crippen LogP contribution in [0, 0.1) is 12.8 Å². The number of benzene rings is 1. The summed E-state index contributed by atoms with van der Waals surface area (Å²) in [4.78, 5) is 30.4. The van der Waals surface area contributed by atoms with Gasteiger partial charge in [0.05, 0.1) is 6.61 Å². The predicted molar refractivity (Wildman–Crippen MR) is 87.2 cm³/mol. The Labute approximate surface area is 133 Å². The van der Waals surface area contributed by atoms with Crippen molar-refractivity contribution in [2.24, 2.45) is 5.92 Å². The maximum absolute atomic E-state index is 11.9. The Morgan fingerprint density at radius 1 is 1.39 bits per heavy atom. The van der Waals surface area contributed by atoms with Crippen LogP contribution < -0.4 is 10.9 Å². The molecule has 0 unspecified atom stereocenters.